The van der Waals surface area contributed by atoms with Crippen LogP contribution < -0.4 is 0 Å². The van der Waals surface area contributed by atoms with E-state index in [1.807, 2.05) is 30.3 Å². The van der Waals surface area contributed by atoms with Gasteiger partial charge >= 0.3 is 17.9 Å². The first-order valence-electron chi connectivity index (χ1n) is 8.40. The van der Waals surface area contributed by atoms with Gasteiger partial charge in [-0.25, -0.2) is 14.4 Å². The topological polar surface area (TPSA) is 82.1 Å². The van der Waals surface area contributed by atoms with Crippen molar-refractivity contribution >= 4 is 17.9 Å². The van der Waals surface area contributed by atoms with E-state index in [9.17, 15) is 14.4 Å². The average Bonchev–Trinajstić information content (AvgIpc) is 3.05. The summed E-state index contributed by atoms with van der Waals surface area (Å²) in [5.41, 5.74) is 1.19. The Balaban J connectivity index is 2.47. The molecule has 1 atom stereocenters. The molecule has 1 aromatic rings. The highest BCUT2D eigenvalue weighted by Gasteiger charge is 2.39. The fourth-order valence-corrected chi connectivity index (χ4v) is 3.02. The lowest BCUT2D eigenvalue weighted by Crippen LogP contribution is -2.37. The summed E-state index contributed by atoms with van der Waals surface area (Å²) in [6.45, 7) is 2.35. The summed E-state index contributed by atoms with van der Waals surface area (Å²) in [5, 5.41) is 0. The minimum atomic E-state index is -0.783. The molecule has 7 heteroatoms. The third-order valence-electron chi connectivity index (χ3n) is 4.20. The molecule has 0 aliphatic carbocycles. The Hall–Kier alpha value is -2.83. The molecule has 0 bridgehead atoms. The van der Waals surface area contributed by atoms with Crippen molar-refractivity contribution in [3.8, 4) is 0 Å². The molecule has 0 saturated carbocycles. The highest BCUT2D eigenvalue weighted by Crippen LogP contribution is 2.33. The molecule has 26 heavy (non-hydrogen) atoms. The predicted octanol–water partition coefficient (Wildman–Crippen LogP) is 1.81. The van der Waals surface area contributed by atoms with Crippen molar-refractivity contribution in [3.63, 3.8) is 0 Å². The molecule has 1 saturated heterocycles. The average molecular weight is 361 g/mol. The second-order valence-electron chi connectivity index (χ2n) is 5.72. The van der Waals surface area contributed by atoms with E-state index < -0.39 is 18.0 Å². The van der Waals surface area contributed by atoms with Gasteiger partial charge in [0.05, 0.1) is 20.8 Å². The van der Waals surface area contributed by atoms with Gasteiger partial charge < -0.3 is 19.1 Å². The Labute approximate surface area is 152 Å². The molecule has 0 N–H and O–H groups in total. The maximum atomic E-state index is 12.4. The first kappa shape index (κ1) is 19.5. The van der Waals surface area contributed by atoms with Gasteiger partial charge in [0, 0.05) is 12.2 Å². The zero-order valence-electron chi connectivity index (χ0n) is 15.2. The van der Waals surface area contributed by atoms with E-state index >= 15 is 0 Å². The fraction of sp³-hybridized carbons (Fsp3) is 0.421. The van der Waals surface area contributed by atoms with Crippen LogP contribution in [0.4, 0.5) is 0 Å². The van der Waals surface area contributed by atoms with E-state index in [4.69, 9.17) is 14.2 Å². The van der Waals surface area contributed by atoms with Gasteiger partial charge in [0.15, 0.2) is 5.57 Å². The summed E-state index contributed by atoms with van der Waals surface area (Å²) >= 11 is 0. The van der Waals surface area contributed by atoms with E-state index in [2.05, 4.69) is 0 Å². The van der Waals surface area contributed by atoms with Crippen LogP contribution in [0.25, 0.3) is 0 Å². The van der Waals surface area contributed by atoms with Crippen LogP contribution in [0.5, 0.6) is 0 Å². The summed E-state index contributed by atoms with van der Waals surface area (Å²) in [5.74, 6) is -1.95. The molecule has 1 aliphatic heterocycles. The second-order valence-corrected chi connectivity index (χ2v) is 5.72. The molecule has 140 valence electrons. The zero-order chi connectivity index (χ0) is 19.1. The normalized spacial score (nSPS) is 16.2. The molecule has 0 radical (unpaired) electrons. The predicted molar refractivity (Wildman–Crippen MR) is 92.7 cm³/mol. The quantitative estimate of drug-likeness (QED) is 0.251. The number of carbonyl (C=O) groups is 3. The molecule has 7 nitrogen and oxygen atoms in total. The smallest absolute Gasteiger partial charge is 0.347 e. The Kier molecular flexibility index (Phi) is 6.77. The number of carbonyl (C=O) groups excluding carboxylic acids is 3. The van der Waals surface area contributed by atoms with Gasteiger partial charge in [-0.2, -0.15) is 0 Å². The van der Waals surface area contributed by atoms with Crippen LogP contribution in [0.3, 0.4) is 0 Å². The molecule has 0 aromatic heterocycles. The van der Waals surface area contributed by atoms with Crippen LogP contribution >= 0.6 is 0 Å². The molecule has 2 rings (SSSR count). The van der Waals surface area contributed by atoms with E-state index in [1.165, 1.54) is 14.2 Å². The molecule has 0 amide bonds. The number of hydrogen-bond donors (Lipinski definition) is 0. The van der Waals surface area contributed by atoms with Crippen LogP contribution in [0.2, 0.25) is 0 Å². The van der Waals surface area contributed by atoms with Gasteiger partial charge in [-0.15, -0.1) is 0 Å². The number of ether oxygens (including phenoxy) is 3. The molecular weight excluding hydrogens is 338 g/mol. The number of allylic oxidation sites excluding steroid dienone is 1. The zero-order valence-corrected chi connectivity index (χ0v) is 15.2. The third kappa shape index (κ3) is 4.22. The number of nitrogens with zero attached hydrogens (tertiary/aromatic N) is 1. The lowest BCUT2D eigenvalue weighted by molar-refractivity contribution is -0.149. The minimum absolute atomic E-state index is 0.183. The minimum Gasteiger partial charge on any atom is -0.465 e. The van der Waals surface area contributed by atoms with Crippen molar-refractivity contribution in [2.24, 2.45) is 0 Å². The standard InChI is InChI=1S/C19H23NO6/c1-4-26-17(21)15-11-10-14(16(18(22)24-2)19(23)25-3)20(15)12-13-8-6-5-7-9-13/h5-9,15H,4,10-12H2,1-3H3/t15-/m0/s1. The van der Waals surface area contributed by atoms with Gasteiger partial charge in [-0.3, -0.25) is 0 Å². The summed E-state index contributed by atoms with van der Waals surface area (Å²) in [7, 11) is 2.40. The van der Waals surface area contributed by atoms with E-state index in [0.29, 0.717) is 25.1 Å². The maximum Gasteiger partial charge on any atom is 0.347 e. The molecule has 1 aliphatic rings. The molecule has 1 heterocycles. The van der Waals surface area contributed by atoms with E-state index in [0.717, 1.165) is 5.56 Å². The summed E-state index contributed by atoms with van der Waals surface area (Å²) in [4.78, 5) is 38.5. The van der Waals surface area contributed by atoms with Crippen LogP contribution in [0.15, 0.2) is 41.6 Å². The molecular formula is C19H23NO6. The van der Waals surface area contributed by atoms with Crippen molar-refractivity contribution in [3.05, 3.63) is 47.2 Å². The highest BCUT2D eigenvalue weighted by atomic mass is 16.5. The lowest BCUT2D eigenvalue weighted by Gasteiger charge is -2.27. The van der Waals surface area contributed by atoms with Gasteiger partial charge in [0.1, 0.15) is 6.04 Å². The maximum absolute atomic E-state index is 12.4. The van der Waals surface area contributed by atoms with Gasteiger partial charge in [-0.05, 0) is 25.3 Å². The monoisotopic (exact) mass is 361 g/mol. The Morgan fingerprint density at radius 1 is 1.08 bits per heavy atom. The second kappa shape index (κ2) is 9.03. The number of likely N-dealkylation sites (tertiary alicyclic amines) is 1. The summed E-state index contributed by atoms with van der Waals surface area (Å²) in [6, 6.07) is 8.91. The molecule has 1 aromatic carbocycles. The van der Waals surface area contributed by atoms with Crippen LogP contribution in [-0.4, -0.2) is 49.7 Å². The van der Waals surface area contributed by atoms with Crippen LogP contribution in [0.1, 0.15) is 25.3 Å². The van der Waals surface area contributed by atoms with Crippen molar-refractivity contribution in [2.75, 3.05) is 20.8 Å². The van der Waals surface area contributed by atoms with Gasteiger partial charge in [0.2, 0.25) is 0 Å². The number of hydrogen-bond acceptors (Lipinski definition) is 7. The lowest BCUT2D eigenvalue weighted by atomic mass is 10.1. The van der Waals surface area contributed by atoms with E-state index in [-0.39, 0.29) is 18.1 Å². The largest absolute Gasteiger partial charge is 0.465 e. The Morgan fingerprint density at radius 2 is 1.69 bits per heavy atom. The number of rotatable bonds is 6. The summed E-state index contributed by atoms with van der Waals surface area (Å²) in [6.07, 6.45) is 0.814. The molecule has 1 fully saturated rings. The number of methoxy groups -OCH3 is 2. The van der Waals surface area contributed by atoms with Crippen molar-refractivity contribution < 1.29 is 28.6 Å². The van der Waals surface area contributed by atoms with Crippen molar-refractivity contribution in [1.29, 1.82) is 0 Å². The first-order chi connectivity index (χ1) is 12.5. The van der Waals surface area contributed by atoms with Crippen molar-refractivity contribution in [1.82, 2.24) is 4.90 Å². The van der Waals surface area contributed by atoms with E-state index in [1.54, 1.807) is 11.8 Å². The molecule has 0 spiro atoms. The van der Waals surface area contributed by atoms with Gasteiger partial charge in [-0.1, -0.05) is 30.3 Å². The highest BCUT2D eigenvalue weighted by molar-refractivity contribution is 6.14. The third-order valence-corrected chi connectivity index (χ3v) is 4.20. The number of benzene rings is 1. The van der Waals surface area contributed by atoms with Crippen LogP contribution in [0, 0.1) is 0 Å². The Bertz CT molecular complexity index is 679. The number of esters is 3. The molecule has 0 unspecified atom stereocenters. The SMILES string of the molecule is CCOC(=O)[C@@H]1CCC(=C(C(=O)OC)C(=O)OC)N1Cc1ccccc1. The van der Waals surface area contributed by atoms with Gasteiger partial charge in [0.25, 0.3) is 0 Å². The Morgan fingerprint density at radius 3 is 2.23 bits per heavy atom. The fourth-order valence-electron chi connectivity index (χ4n) is 3.02. The summed E-state index contributed by atoms with van der Waals surface area (Å²) < 4.78 is 14.7. The van der Waals surface area contributed by atoms with Crippen LogP contribution in [-0.2, 0) is 35.1 Å². The first-order valence-corrected chi connectivity index (χ1v) is 8.40. The van der Waals surface area contributed by atoms with Crippen molar-refractivity contribution in [2.45, 2.75) is 32.4 Å².